The molecule has 0 aliphatic carbocycles. The van der Waals surface area contributed by atoms with Crippen molar-refractivity contribution in [3.8, 4) is 11.5 Å². The summed E-state index contributed by atoms with van der Waals surface area (Å²) in [4.78, 5) is 28.1. The molecule has 6 nitrogen and oxygen atoms in total. The maximum absolute atomic E-state index is 12.0. The Hall–Kier alpha value is -2.64. The van der Waals surface area contributed by atoms with Gasteiger partial charge in [0.05, 0.1) is 17.0 Å². The molecule has 0 fully saturated rings. The van der Waals surface area contributed by atoms with Crippen LogP contribution in [0.3, 0.4) is 0 Å². The van der Waals surface area contributed by atoms with Crippen molar-refractivity contribution in [2.45, 2.75) is 6.92 Å². The first-order valence-corrected chi connectivity index (χ1v) is 8.36. The minimum absolute atomic E-state index is 0.121. The molecule has 0 spiro atoms. The lowest BCUT2D eigenvalue weighted by Crippen LogP contribution is -2.04. The van der Waals surface area contributed by atoms with Gasteiger partial charge in [0.2, 0.25) is 5.90 Å². The van der Waals surface area contributed by atoms with Crippen molar-refractivity contribution in [1.29, 1.82) is 0 Å². The third-order valence-corrected chi connectivity index (χ3v) is 4.29. The lowest BCUT2D eigenvalue weighted by molar-refractivity contribution is -0.132. The van der Waals surface area contributed by atoms with Gasteiger partial charge in [-0.15, -0.1) is 11.3 Å². The first kappa shape index (κ1) is 17.2. The molecule has 1 aromatic heterocycles. The molecule has 0 N–H and O–H groups in total. The van der Waals surface area contributed by atoms with Crippen LogP contribution in [0.25, 0.3) is 6.08 Å². The van der Waals surface area contributed by atoms with Gasteiger partial charge in [-0.25, -0.2) is 9.79 Å². The highest BCUT2D eigenvalue weighted by atomic mass is 35.5. The molecule has 1 aliphatic rings. The molecule has 25 heavy (non-hydrogen) atoms. The van der Waals surface area contributed by atoms with E-state index in [4.69, 9.17) is 25.8 Å². The number of cyclic esters (lactones) is 1. The number of hydrogen-bond acceptors (Lipinski definition) is 7. The highest BCUT2D eigenvalue weighted by Crippen LogP contribution is 2.37. The fourth-order valence-corrected chi connectivity index (χ4v) is 3.05. The van der Waals surface area contributed by atoms with Crippen LogP contribution in [-0.2, 0) is 14.3 Å². The third-order valence-electron chi connectivity index (χ3n) is 3.15. The number of methoxy groups -OCH3 is 1. The summed E-state index contributed by atoms with van der Waals surface area (Å²) < 4.78 is 15.4. The highest BCUT2D eigenvalue weighted by Gasteiger charge is 2.25. The Kier molecular flexibility index (Phi) is 4.87. The number of nitrogens with zero attached hydrogens (tertiary/aromatic N) is 1. The van der Waals surface area contributed by atoms with Gasteiger partial charge >= 0.3 is 11.9 Å². The van der Waals surface area contributed by atoms with Gasteiger partial charge in [-0.2, -0.15) is 0 Å². The molecule has 2 heterocycles. The molecule has 8 heteroatoms. The largest absolute Gasteiger partial charge is 0.493 e. The standard InChI is InChI=1S/C17H12ClNO5S/c1-9(20)23-15-11(18)6-10(8-13(15)22-2)7-12-17(21)24-16(19-12)14-4-3-5-25-14/h3-8H,1-2H3/b12-7+. The molecule has 1 aromatic carbocycles. The number of halogens is 1. The van der Waals surface area contributed by atoms with Gasteiger partial charge in [0.1, 0.15) is 0 Å². The van der Waals surface area contributed by atoms with E-state index in [-0.39, 0.29) is 28.1 Å². The molecule has 3 rings (SSSR count). The zero-order valence-corrected chi connectivity index (χ0v) is 14.8. The normalized spacial score (nSPS) is 15.1. The smallest absolute Gasteiger partial charge is 0.363 e. The van der Waals surface area contributed by atoms with Gasteiger partial charge in [-0.05, 0) is 35.2 Å². The van der Waals surface area contributed by atoms with E-state index < -0.39 is 11.9 Å². The zero-order valence-electron chi connectivity index (χ0n) is 13.2. The number of carbonyl (C=O) groups excluding carboxylic acids is 2. The van der Waals surface area contributed by atoms with Crippen molar-refractivity contribution in [2.24, 2.45) is 4.99 Å². The van der Waals surface area contributed by atoms with Crippen LogP contribution >= 0.6 is 22.9 Å². The van der Waals surface area contributed by atoms with Gasteiger partial charge in [-0.3, -0.25) is 4.79 Å². The molecule has 2 aromatic rings. The second kappa shape index (κ2) is 7.08. The van der Waals surface area contributed by atoms with Crippen LogP contribution in [0.5, 0.6) is 11.5 Å². The van der Waals surface area contributed by atoms with Crippen LogP contribution in [0.1, 0.15) is 17.4 Å². The molecule has 128 valence electrons. The number of hydrogen-bond donors (Lipinski definition) is 0. The van der Waals surface area contributed by atoms with Crippen molar-refractivity contribution < 1.29 is 23.8 Å². The minimum atomic E-state index is -0.553. The molecule has 0 radical (unpaired) electrons. The number of thiophene rings is 1. The van der Waals surface area contributed by atoms with Crippen molar-refractivity contribution >= 4 is 46.9 Å². The summed E-state index contributed by atoms with van der Waals surface area (Å²) in [6.07, 6.45) is 1.52. The third kappa shape index (κ3) is 3.72. The van der Waals surface area contributed by atoms with Crippen LogP contribution in [0.15, 0.2) is 40.3 Å². The van der Waals surface area contributed by atoms with E-state index in [0.29, 0.717) is 5.56 Å². The van der Waals surface area contributed by atoms with Crippen LogP contribution in [0, 0.1) is 0 Å². The lowest BCUT2D eigenvalue weighted by atomic mass is 10.1. The summed E-state index contributed by atoms with van der Waals surface area (Å²) in [5.41, 5.74) is 0.697. The fraction of sp³-hybridized carbons (Fsp3) is 0.118. The van der Waals surface area contributed by atoms with Crippen LogP contribution < -0.4 is 9.47 Å². The van der Waals surface area contributed by atoms with Crippen molar-refractivity contribution in [1.82, 2.24) is 0 Å². The minimum Gasteiger partial charge on any atom is -0.493 e. The summed E-state index contributed by atoms with van der Waals surface area (Å²) in [6, 6.07) is 6.79. The number of benzene rings is 1. The van der Waals surface area contributed by atoms with E-state index in [1.54, 1.807) is 12.1 Å². The molecule has 0 amide bonds. The summed E-state index contributed by atoms with van der Waals surface area (Å²) in [6.45, 7) is 1.26. The first-order chi connectivity index (χ1) is 12.0. The Morgan fingerprint density at radius 2 is 2.20 bits per heavy atom. The molecule has 0 saturated heterocycles. The van der Waals surface area contributed by atoms with Gasteiger partial charge in [0.15, 0.2) is 17.2 Å². The van der Waals surface area contributed by atoms with E-state index in [2.05, 4.69) is 4.99 Å². The number of aliphatic imine (C=N–C) groups is 1. The Morgan fingerprint density at radius 3 is 2.84 bits per heavy atom. The molecule has 0 saturated carbocycles. The van der Waals surface area contributed by atoms with Gasteiger partial charge in [-0.1, -0.05) is 17.7 Å². The summed E-state index contributed by atoms with van der Waals surface area (Å²) in [5, 5.41) is 2.04. The van der Waals surface area contributed by atoms with Gasteiger partial charge in [0, 0.05) is 6.92 Å². The maximum atomic E-state index is 12.0. The van der Waals surface area contributed by atoms with Crippen molar-refractivity contribution in [3.63, 3.8) is 0 Å². The first-order valence-electron chi connectivity index (χ1n) is 7.10. The molecule has 0 atom stereocenters. The summed E-state index contributed by atoms with van der Waals surface area (Å²) >= 11 is 7.57. The molecule has 1 aliphatic heterocycles. The predicted molar refractivity (Wildman–Crippen MR) is 94.2 cm³/mol. The number of esters is 2. The Morgan fingerprint density at radius 1 is 1.40 bits per heavy atom. The Balaban J connectivity index is 1.97. The second-order valence-corrected chi connectivity index (χ2v) is 6.30. The monoisotopic (exact) mass is 377 g/mol. The summed E-state index contributed by atoms with van der Waals surface area (Å²) in [7, 11) is 1.42. The fourth-order valence-electron chi connectivity index (χ4n) is 2.14. The number of rotatable bonds is 4. The van der Waals surface area contributed by atoms with E-state index in [1.807, 2.05) is 17.5 Å². The summed E-state index contributed by atoms with van der Waals surface area (Å²) in [5.74, 6) is -0.418. The number of ether oxygens (including phenoxy) is 3. The average Bonchev–Trinajstić information content (AvgIpc) is 3.20. The topological polar surface area (TPSA) is 74.2 Å². The number of carbonyl (C=O) groups is 2. The van der Waals surface area contributed by atoms with Crippen LogP contribution in [0.2, 0.25) is 5.02 Å². The van der Waals surface area contributed by atoms with E-state index in [1.165, 1.54) is 31.4 Å². The molecule has 0 unspecified atom stereocenters. The molecular weight excluding hydrogens is 366 g/mol. The second-order valence-electron chi connectivity index (χ2n) is 4.94. The van der Waals surface area contributed by atoms with Crippen LogP contribution in [0.4, 0.5) is 0 Å². The van der Waals surface area contributed by atoms with Crippen LogP contribution in [-0.4, -0.2) is 24.9 Å². The molecular formula is C17H12ClNO5S. The highest BCUT2D eigenvalue weighted by molar-refractivity contribution is 7.12. The van der Waals surface area contributed by atoms with Crippen molar-refractivity contribution in [3.05, 3.63) is 50.8 Å². The van der Waals surface area contributed by atoms with Gasteiger partial charge < -0.3 is 14.2 Å². The Labute approximate surface area is 152 Å². The molecule has 0 bridgehead atoms. The lowest BCUT2D eigenvalue weighted by Gasteiger charge is -2.10. The van der Waals surface area contributed by atoms with E-state index in [9.17, 15) is 9.59 Å². The van der Waals surface area contributed by atoms with Gasteiger partial charge in [0.25, 0.3) is 0 Å². The maximum Gasteiger partial charge on any atom is 0.363 e. The van der Waals surface area contributed by atoms with E-state index in [0.717, 1.165) is 4.88 Å². The van der Waals surface area contributed by atoms with E-state index >= 15 is 0 Å². The Bertz CT molecular complexity index is 902. The van der Waals surface area contributed by atoms with Crippen molar-refractivity contribution in [2.75, 3.05) is 7.11 Å². The quantitative estimate of drug-likeness (QED) is 0.461. The zero-order chi connectivity index (χ0) is 18.0. The average molecular weight is 378 g/mol. The SMILES string of the molecule is COc1cc(/C=C2/N=C(c3cccs3)OC2=O)cc(Cl)c1OC(C)=O. The predicted octanol–water partition coefficient (Wildman–Crippen LogP) is 3.68.